The molecule has 0 aliphatic heterocycles. The smallest absolute Gasteiger partial charge is 0.410 e. The van der Waals surface area contributed by atoms with E-state index < -0.39 is 11.6 Å². The van der Waals surface area contributed by atoms with Gasteiger partial charge in [0.25, 0.3) is 0 Å². The van der Waals surface area contributed by atoms with Crippen molar-refractivity contribution in [2.24, 2.45) is 5.92 Å². The van der Waals surface area contributed by atoms with Crippen molar-refractivity contribution in [1.82, 2.24) is 25.1 Å². The van der Waals surface area contributed by atoms with Crippen molar-refractivity contribution in [1.29, 1.82) is 0 Å². The quantitative estimate of drug-likeness (QED) is 0.710. The van der Waals surface area contributed by atoms with E-state index >= 15 is 0 Å². The van der Waals surface area contributed by atoms with Gasteiger partial charge in [0.05, 0.1) is 25.0 Å². The highest BCUT2D eigenvalue weighted by atomic mass is 16.5. The summed E-state index contributed by atoms with van der Waals surface area (Å²) in [5, 5.41) is 12.3. The second-order valence-corrected chi connectivity index (χ2v) is 7.42. The summed E-state index contributed by atoms with van der Waals surface area (Å²) in [7, 11) is 3.10. The van der Waals surface area contributed by atoms with Crippen LogP contribution >= 0.6 is 0 Å². The van der Waals surface area contributed by atoms with Crippen LogP contribution in [0.3, 0.4) is 0 Å². The standard InChI is InChI=1S/C20H27N5O4/c1-5-29-17(26)15-6-8-16(9-7-15)25-18(21-22-23-25)20(24(3)19(27)28-4)12-10-14(2)11-13-20/h6-9,14H,5,10-13H2,1-4H3. The number of esters is 1. The molecule has 1 amide bonds. The van der Waals surface area contributed by atoms with Crippen molar-refractivity contribution >= 4 is 12.1 Å². The van der Waals surface area contributed by atoms with Gasteiger partial charge < -0.3 is 9.47 Å². The van der Waals surface area contributed by atoms with E-state index in [9.17, 15) is 9.59 Å². The van der Waals surface area contributed by atoms with Gasteiger partial charge in [-0.2, -0.15) is 4.68 Å². The van der Waals surface area contributed by atoms with Crippen LogP contribution in [0.4, 0.5) is 4.79 Å². The van der Waals surface area contributed by atoms with Crippen molar-refractivity contribution < 1.29 is 19.1 Å². The number of ether oxygens (including phenoxy) is 2. The number of methoxy groups -OCH3 is 1. The molecule has 0 unspecified atom stereocenters. The Morgan fingerprint density at radius 2 is 1.90 bits per heavy atom. The maximum atomic E-state index is 12.4. The molecule has 3 rings (SSSR count). The van der Waals surface area contributed by atoms with Crippen LogP contribution in [0, 0.1) is 5.92 Å². The van der Waals surface area contributed by atoms with Gasteiger partial charge in [-0.3, -0.25) is 4.90 Å². The molecule has 1 aromatic heterocycles. The zero-order valence-corrected chi connectivity index (χ0v) is 17.3. The van der Waals surface area contributed by atoms with E-state index in [0.29, 0.717) is 29.6 Å². The third-order valence-corrected chi connectivity index (χ3v) is 5.70. The molecule has 1 heterocycles. The van der Waals surface area contributed by atoms with Crippen LogP contribution in [-0.4, -0.2) is 57.9 Å². The van der Waals surface area contributed by atoms with Crippen LogP contribution in [0.5, 0.6) is 0 Å². The number of nitrogens with zero attached hydrogens (tertiary/aromatic N) is 5. The van der Waals surface area contributed by atoms with Gasteiger partial charge in [-0.05, 0) is 73.2 Å². The monoisotopic (exact) mass is 401 g/mol. The number of benzene rings is 1. The summed E-state index contributed by atoms with van der Waals surface area (Å²) in [6.45, 7) is 4.29. The molecule has 29 heavy (non-hydrogen) atoms. The van der Waals surface area contributed by atoms with Gasteiger partial charge in [0.2, 0.25) is 0 Å². The third kappa shape index (κ3) is 3.94. The summed E-state index contributed by atoms with van der Waals surface area (Å²) in [6, 6.07) is 6.89. The molecule has 1 aromatic carbocycles. The van der Waals surface area contributed by atoms with Gasteiger partial charge in [0, 0.05) is 7.05 Å². The summed E-state index contributed by atoms with van der Waals surface area (Å²) in [4.78, 5) is 25.9. The highest BCUT2D eigenvalue weighted by molar-refractivity contribution is 5.89. The fraction of sp³-hybridized carbons (Fsp3) is 0.550. The van der Waals surface area contributed by atoms with Gasteiger partial charge in [0.1, 0.15) is 5.54 Å². The lowest BCUT2D eigenvalue weighted by atomic mass is 9.75. The van der Waals surface area contributed by atoms with E-state index in [1.165, 1.54) is 7.11 Å². The van der Waals surface area contributed by atoms with Crippen LogP contribution in [0.25, 0.3) is 5.69 Å². The summed E-state index contributed by atoms with van der Waals surface area (Å²) in [5.74, 6) is 0.780. The molecule has 1 aliphatic rings. The second kappa shape index (κ2) is 8.59. The fourth-order valence-electron chi connectivity index (χ4n) is 3.86. The lowest BCUT2D eigenvalue weighted by molar-refractivity contribution is 0.0383. The molecule has 0 bridgehead atoms. The molecule has 2 aromatic rings. The minimum atomic E-state index is -0.664. The van der Waals surface area contributed by atoms with E-state index in [1.54, 1.807) is 47.8 Å². The summed E-state index contributed by atoms with van der Waals surface area (Å²) < 4.78 is 11.6. The van der Waals surface area contributed by atoms with Crippen molar-refractivity contribution in [3.8, 4) is 5.69 Å². The van der Waals surface area contributed by atoms with E-state index in [4.69, 9.17) is 9.47 Å². The van der Waals surface area contributed by atoms with Gasteiger partial charge in [0.15, 0.2) is 5.82 Å². The molecular formula is C20H27N5O4. The predicted octanol–water partition coefficient (Wildman–Crippen LogP) is 2.94. The number of tetrazole rings is 1. The summed E-state index contributed by atoms with van der Waals surface area (Å²) >= 11 is 0. The summed E-state index contributed by atoms with van der Waals surface area (Å²) in [5.41, 5.74) is 0.496. The zero-order valence-electron chi connectivity index (χ0n) is 17.3. The van der Waals surface area contributed by atoms with E-state index in [2.05, 4.69) is 22.4 Å². The Morgan fingerprint density at radius 3 is 2.48 bits per heavy atom. The first-order valence-electron chi connectivity index (χ1n) is 9.81. The Morgan fingerprint density at radius 1 is 1.24 bits per heavy atom. The number of amides is 1. The average Bonchev–Trinajstić information content (AvgIpc) is 3.24. The molecular weight excluding hydrogens is 374 g/mol. The first-order valence-corrected chi connectivity index (χ1v) is 9.81. The molecule has 0 atom stereocenters. The number of rotatable bonds is 5. The van der Waals surface area contributed by atoms with E-state index in [1.807, 2.05) is 0 Å². The van der Waals surface area contributed by atoms with Crippen molar-refractivity contribution in [2.75, 3.05) is 20.8 Å². The first kappa shape index (κ1) is 20.8. The predicted molar refractivity (Wildman–Crippen MR) is 105 cm³/mol. The Bertz CT molecular complexity index is 856. The molecule has 0 radical (unpaired) electrons. The van der Waals surface area contributed by atoms with Gasteiger partial charge in [-0.25, -0.2) is 9.59 Å². The maximum absolute atomic E-state index is 12.4. The summed E-state index contributed by atoms with van der Waals surface area (Å²) in [6.07, 6.45) is 2.96. The van der Waals surface area contributed by atoms with Crippen molar-refractivity contribution in [2.45, 2.75) is 45.1 Å². The molecule has 0 spiro atoms. The minimum absolute atomic E-state index is 0.318. The Kier molecular flexibility index (Phi) is 6.14. The van der Waals surface area contributed by atoms with Gasteiger partial charge >= 0.3 is 12.1 Å². The van der Waals surface area contributed by atoms with Crippen LogP contribution in [0.2, 0.25) is 0 Å². The van der Waals surface area contributed by atoms with Gasteiger partial charge in [-0.1, -0.05) is 6.92 Å². The molecule has 9 heteroatoms. The molecule has 0 N–H and O–H groups in total. The molecule has 9 nitrogen and oxygen atoms in total. The lowest BCUT2D eigenvalue weighted by Crippen LogP contribution is -2.50. The number of aromatic nitrogens is 4. The largest absolute Gasteiger partial charge is 0.462 e. The van der Waals surface area contributed by atoms with Crippen LogP contribution in [-0.2, 0) is 15.0 Å². The van der Waals surface area contributed by atoms with Crippen LogP contribution in [0.1, 0.15) is 55.7 Å². The maximum Gasteiger partial charge on any atom is 0.410 e. The van der Waals surface area contributed by atoms with Gasteiger partial charge in [-0.15, -0.1) is 5.10 Å². The fourth-order valence-corrected chi connectivity index (χ4v) is 3.86. The topological polar surface area (TPSA) is 99.4 Å². The number of hydrogen-bond donors (Lipinski definition) is 0. The normalized spacial score (nSPS) is 21.4. The first-order chi connectivity index (χ1) is 13.9. The zero-order chi connectivity index (χ0) is 21.0. The minimum Gasteiger partial charge on any atom is -0.462 e. The van der Waals surface area contributed by atoms with E-state index in [0.717, 1.165) is 25.7 Å². The molecule has 1 saturated carbocycles. The second-order valence-electron chi connectivity index (χ2n) is 7.42. The lowest BCUT2D eigenvalue weighted by Gasteiger charge is -2.43. The molecule has 156 valence electrons. The Labute approximate surface area is 170 Å². The number of hydrogen-bond acceptors (Lipinski definition) is 7. The highest BCUT2D eigenvalue weighted by Crippen LogP contribution is 2.43. The average molecular weight is 401 g/mol. The number of carbonyl (C=O) groups is 2. The number of carbonyl (C=O) groups excluding carboxylic acids is 2. The Hall–Kier alpha value is -2.97. The van der Waals surface area contributed by atoms with Crippen LogP contribution in [0.15, 0.2) is 24.3 Å². The Balaban J connectivity index is 1.99. The molecule has 1 aliphatic carbocycles. The van der Waals surface area contributed by atoms with E-state index in [-0.39, 0.29) is 5.97 Å². The SMILES string of the molecule is CCOC(=O)c1ccc(-n2nnnc2C2(N(C)C(=O)OC)CCC(C)CC2)cc1. The van der Waals surface area contributed by atoms with Crippen molar-refractivity contribution in [3.05, 3.63) is 35.7 Å². The molecule has 0 saturated heterocycles. The molecule has 1 fully saturated rings. The highest BCUT2D eigenvalue weighted by Gasteiger charge is 2.46. The third-order valence-electron chi connectivity index (χ3n) is 5.70. The van der Waals surface area contributed by atoms with Crippen molar-refractivity contribution in [3.63, 3.8) is 0 Å². The van der Waals surface area contributed by atoms with Crippen LogP contribution < -0.4 is 0 Å².